The average molecular weight is 170 g/mol. The SMILES string of the molecule is CC[S@@](=N)(=O)c1ccccn1. The molecule has 60 valence electrons. The van der Waals surface area contributed by atoms with Crippen molar-refractivity contribution in [1.29, 1.82) is 4.78 Å². The Balaban J connectivity index is 3.14. The van der Waals surface area contributed by atoms with Gasteiger partial charge in [-0.05, 0) is 12.1 Å². The van der Waals surface area contributed by atoms with Crippen LogP contribution < -0.4 is 0 Å². The quantitative estimate of drug-likeness (QED) is 0.731. The van der Waals surface area contributed by atoms with E-state index in [4.69, 9.17) is 4.78 Å². The number of nitrogens with zero attached hydrogens (tertiary/aromatic N) is 1. The van der Waals surface area contributed by atoms with Gasteiger partial charge >= 0.3 is 0 Å². The van der Waals surface area contributed by atoms with Crippen LogP contribution in [0.3, 0.4) is 0 Å². The van der Waals surface area contributed by atoms with Gasteiger partial charge in [-0.15, -0.1) is 0 Å². The number of pyridine rings is 1. The minimum absolute atomic E-state index is 0.323. The maximum atomic E-state index is 11.4. The monoisotopic (exact) mass is 170 g/mol. The van der Waals surface area contributed by atoms with E-state index in [1.54, 1.807) is 31.3 Å². The topological polar surface area (TPSA) is 53.8 Å². The molecule has 1 N–H and O–H groups in total. The molecule has 0 unspecified atom stereocenters. The van der Waals surface area contributed by atoms with Gasteiger partial charge in [0.15, 0.2) is 0 Å². The van der Waals surface area contributed by atoms with Crippen LogP contribution >= 0.6 is 0 Å². The van der Waals surface area contributed by atoms with Crippen molar-refractivity contribution in [3.05, 3.63) is 24.4 Å². The summed E-state index contributed by atoms with van der Waals surface area (Å²) in [6, 6.07) is 5.11. The second kappa shape index (κ2) is 3.00. The summed E-state index contributed by atoms with van der Waals surface area (Å²) in [4.78, 5) is 3.86. The summed E-state index contributed by atoms with van der Waals surface area (Å²) >= 11 is 0. The Kier molecular flexibility index (Phi) is 2.24. The van der Waals surface area contributed by atoms with E-state index >= 15 is 0 Å². The summed E-state index contributed by atoms with van der Waals surface area (Å²) in [6.07, 6.45) is 1.55. The minimum atomic E-state index is -2.61. The fourth-order valence-electron chi connectivity index (χ4n) is 0.690. The van der Waals surface area contributed by atoms with Gasteiger partial charge in [0.2, 0.25) is 0 Å². The summed E-state index contributed by atoms with van der Waals surface area (Å²) in [5.74, 6) is 0.323. The third-order valence-electron chi connectivity index (χ3n) is 1.38. The zero-order valence-electron chi connectivity index (χ0n) is 6.28. The summed E-state index contributed by atoms with van der Waals surface area (Å²) in [7, 11) is -2.61. The van der Waals surface area contributed by atoms with Gasteiger partial charge < -0.3 is 0 Å². The van der Waals surface area contributed by atoms with Crippen LogP contribution in [0.25, 0.3) is 0 Å². The fourth-order valence-corrected chi connectivity index (χ4v) is 1.52. The van der Waals surface area contributed by atoms with E-state index in [0.29, 0.717) is 10.8 Å². The molecule has 0 aliphatic rings. The van der Waals surface area contributed by atoms with Crippen LogP contribution in [-0.2, 0) is 9.73 Å². The van der Waals surface area contributed by atoms with Crippen molar-refractivity contribution in [3.63, 3.8) is 0 Å². The molecule has 0 aliphatic heterocycles. The first-order valence-electron chi connectivity index (χ1n) is 3.34. The third kappa shape index (κ3) is 1.77. The Morgan fingerprint density at radius 1 is 1.64 bits per heavy atom. The molecule has 0 saturated heterocycles. The van der Waals surface area contributed by atoms with Gasteiger partial charge in [0.25, 0.3) is 0 Å². The van der Waals surface area contributed by atoms with E-state index in [0.717, 1.165) is 0 Å². The lowest BCUT2D eigenvalue weighted by Crippen LogP contribution is -2.03. The van der Waals surface area contributed by atoms with Gasteiger partial charge in [-0.1, -0.05) is 13.0 Å². The Bertz CT molecular complexity index is 318. The largest absolute Gasteiger partial charge is 0.248 e. The first kappa shape index (κ1) is 8.20. The molecule has 0 bridgehead atoms. The second-order valence-electron chi connectivity index (χ2n) is 2.13. The summed E-state index contributed by atoms with van der Waals surface area (Å²) < 4.78 is 18.7. The fraction of sp³-hybridized carbons (Fsp3) is 0.286. The first-order valence-corrected chi connectivity index (χ1v) is 5.07. The predicted molar refractivity (Wildman–Crippen MR) is 43.9 cm³/mol. The highest BCUT2D eigenvalue weighted by molar-refractivity contribution is 7.92. The van der Waals surface area contributed by atoms with Crippen molar-refractivity contribution in [1.82, 2.24) is 4.98 Å². The van der Waals surface area contributed by atoms with Crippen LogP contribution in [0.5, 0.6) is 0 Å². The third-order valence-corrected chi connectivity index (χ3v) is 3.11. The van der Waals surface area contributed by atoms with E-state index in [1.807, 2.05) is 0 Å². The van der Waals surface area contributed by atoms with E-state index in [2.05, 4.69) is 4.98 Å². The zero-order valence-corrected chi connectivity index (χ0v) is 7.10. The van der Waals surface area contributed by atoms with E-state index in [1.165, 1.54) is 0 Å². The first-order chi connectivity index (χ1) is 5.17. The van der Waals surface area contributed by atoms with Crippen molar-refractivity contribution in [2.45, 2.75) is 11.9 Å². The van der Waals surface area contributed by atoms with Crippen molar-refractivity contribution < 1.29 is 4.21 Å². The van der Waals surface area contributed by atoms with Crippen molar-refractivity contribution in [3.8, 4) is 0 Å². The predicted octanol–water partition coefficient (Wildman–Crippen LogP) is 1.51. The van der Waals surface area contributed by atoms with Crippen LogP contribution in [0.1, 0.15) is 6.92 Å². The maximum absolute atomic E-state index is 11.4. The number of nitrogens with one attached hydrogen (secondary N) is 1. The molecular weight excluding hydrogens is 160 g/mol. The van der Waals surface area contributed by atoms with Gasteiger partial charge in [0.05, 0.1) is 9.73 Å². The molecule has 0 aliphatic carbocycles. The van der Waals surface area contributed by atoms with Crippen molar-refractivity contribution in [2.24, 2.45) is 0 Å². The molecule has 1 aromatic heterocycles. The van der Waals surface area contributed by atoms with Crippen molar-refractivity contribution in [2.75, 3.05) is 5.75 Å². The normalized spacial score (nSPS) is 15.7. The molecule has 0 saturated carbocycles. The Morgan fingerprint density at radius 2 is 2.36 bits per heavy atom. The highest BCUT2D eigenvalue weighted by atomic mass is 32.2. The van der Waals surface area contributed by atoms with Gasteiger partial charge in [0.1, 0.15) is 5.03 Å². The molecule has 4 heteroatoms. The van der Waals surface area contributed by atoms with E-state index < -0.39 is 9.73 Å². The average Bonchev–Trinajstić information content (AvgIpc) is 2.06. The lowest BCUT2D eigenvalue weighted by molar-refractivity contribution is 0.672. The molecule has 1 rings (SSSR count). The molecule has 3 nitrogen and oxygen atoms in total. The van der Waals surface area contributed by atoms with Crippen LogP contribution in [-0.4, -0.2) is 14.9 Å². The summed E-state index contributed by atoms with van der Waals surface area (Å²) in [5.41, 5.74) is 0. The van der Waals surface area contributed by atoms with Crippen LogP contribution in [0.2, 0.25) is 0 Å². The lowest BCUT2D eigenvalue weighted by atomic mass is 10.5. The Hall–Kier alpha value is -0.900. The van der Waals surface area contributed by atoms with Gasteiger partial charge in [-0.3, -0.25) is 0 Å². The maximum Gasteiger partial charge on any atom is 0.135 e. The zero-order chi connectivity index (χ0) is 8.32. The number of aromatic nitrogens is 1. The number of hydrogen-bond donors (Lipinski definition) is 1. The van der Waals surface area contributed by atoms with E-state index in [-0.39, 0.29) is 0 Å². The Labute approximate surface area is 66.4 Å². The summed E-state index contributed by atoms with van der Waals surface area (Å²) in [6.45, 7) is 1.73. The molecule has 0 radical (unpaired) electrons. The Morgan fingerprint density at radius 3 is 2.82 bits per heavy atom. The molecule has 0 fully saturated rings. The van der Waals surface area contributed by atoms with E-state index in [9.17, 15) is 4.21 Å². The van der Waals surface area contributed by atoms with Crippen molar-refractivity contribution >= 4 is 9.73 Å². The smallest absolute Gasteiger partial charge is 0.135 e. The molecule has 1 aromatic rings. The minimum Gasteiger partial charge on any atom is -0.248 e. The standard InChI is InChI=1S/C7H10N2OS/c1-2-11(8,10)7-5-3-4-6-9-7/h3-6,8H,2H2,1H3/t11-/m1/s1. The molecule has 0 aromatic carbocycles. The second-order valence-corrected chi connectivity index (χ2v) is 4.48. The number of rotatable bonds is 2. The molecular formula is C7H10N2OS. The highest BCUT2D eigenvalue weighted by Crippen LogP contribution is 2.05. The van der Waals surface area contributed by atoms with Gasteiger partial charge in [-0.2, -0.15) is 0 Å². The van der Waals surface area contributed by atoms with Gasteiger partial charge in [0, 0.05) is 11.9 Å². The molecule has 0 spiro atoms. The van der Waals surface area contributed by atoms with Crippen LogP contribution in [0.4, 0.5) is 0 Å². The van der Waals surface area contributed by atoms with Crippen LogP contribution in [0.15, 0.2) is 29.4 Å². The molecule has 11 heavy (non-hydrogen) atoms. The molecule has 1 heterocycles. The highest BCUT2D eigenvalue weighted by Gasteiger charge is 2.06. The molecule has 0 amide bonds. The van der Waals surface area contributed by atoms with Crippen LogP contribution in [0, 0.1) is 4.78 Å². The summed E-state index contributed by atoms with van der Waals surface area (Å²) in [5, 5.41) is 0.377. The lowest BCUT2D eigenvalue weighted by Gasteiger charge is -2.00. The number of hydrogen-bond acceptors (Lipinski definition) is 3. The van der Waals surface area contributed by atoms with Gasteiger partial charge in [-0.25, -0.2) is 14.0 Å². The molecule has 1 atom stereocenters.